The van der Waals surface area contributed by atoms with Gasteiger partial charge in [0.25, 0.3) is 0 Å². The number of methoxy groups -OCH3 is 1. The van der Waals surface area contributed by atoms with Gasteiger partial charge in [0.15, 0.2) is 5.16 Å². The van der Waals surface area contributed by atoms with Crippen molar-refractivity contribution in [3.8, 4) is 11.5 Å². The molecule has 168 valence electrons. The first kappa shape index (κ1) is 23.0. The molecule has 1 N–H and O–H groups in total. The average molecular weight is 469 g/mol. The summed E-state index contributed by atoms with van der Waals surface area (Å²) in [6, 6.07) is 4.55. The molecule has 5 nitrogen and oxygen atoms in total. The van der Waals surface area contributed by atoms with Gasteiger partial charge in [-0.2, -0.15) is 30.7 Å². The molecule has 13 heteroatoms. The minimum absolute atomic E-state index is 0.0430. The first-order valence-electron chi connectivity index (χ1n) is 8.48. The molecule has 0 aliphatic heterocycles. The van der Waals surface area contributed by atoms with Gasteiger partial charge in [0.1, 0.15) is 11.5 Å². The Kier molecular flexibility index (Phi) is 6.00. The number of pyridine rings is 1. The van der Waals surface area contributed by atoms with E-state index in [0.717, 1.165) is 17.7 Å². The predicted octanol–water partition coefficient (Wildman–Crippen LogP) is 5.74. The van der Waals surface area contributed by atoms with E-state index in [9.17, 15) is 30.7 Å². The first-order chi connectivity index (χ1) is 14.4. The summed E-state index contributed by atoms with van der Waals surface area (Å²) in [7, 11) is 1.52. The Morgan fingerprint density at radius 1 is 1.06 bits per heavy atom. The Hall–Kier alpha value is -2.70. The van der Waals surface area contributed by atoms with Crippen molar-refractivity contribution in [3.05, 3.63) is 41.7 Å². The Balaban J connectivity index is 1.78. The van der Waals surface area contributed by atoms with Crippen LogP contribution in [0.2, 0.25) is 0 Å². The maximum atomic E-state index is 13.5. The van der Waals surface area contributed by atoms with Crippen molar-refractivity contribution < 1.29 is 40.2 Å². The monoisotopic (exact) mass is 469 g/mol. The number of rotatable bonds is 7. The molecule has 2 aromatic heterocycles. The predicted molar refractivity (Wildman–Crippen MR) is 97.8 cm³/mol. The molecule has 0 saturated carbocycles. The molecule has 3 aromatic rings. The Morgan fingerprint density at radius 2 is 1.77 bits per heavy atom. The number of halogens is 7. The van der Waals surface area contributed by atoms with Crippen molar-refractivity contribution in [2.75, 3.05) is 7.11 Å². The average Bonchev–Trinajstić information content (AvgIpc) is 3.08. The third kappa shape index (κ3) is 4.50. The number of nitrogens with zero attached hydrogens (tertiary/aromatic N) is 2. The van der Waals surface area contributed by atoms with Crippen molar-refractivity contribution in [3.63, 3.8) is 0 Å². The largest absolute Gasteiger partial charge is 0.496 e. The second kappa shape index (κ2) is 8.09. The van der Waals surface area contributed by atoms with E-state index < -0.39 is 24.0 Å². The third-order valence-electron chi connectivity index (χ3n) is 4.22. The van der Waals surface area contributed by atoms with Crippen LogP contribution >= 0.6 is 11.8 Å². The number of ether oxygens (including phenoxy) is 2. The third-order valence-corrected chi connectivity index (χ3v) is 5.11. The van der Waals surface area contributed by atoms with Gasteiger partial charge < -0.3 is 14.5 Å². The normalized spacial score (nSPS) is 12.9. The van der Waals surface area contributed by atoms with Gasteiger partial charge in [-0.3, -0.25) is 4.98 Å². The van der Waals surface area contributed by atoms with Crippen LogP contribution in [-0.2, 0) is 5.75 Å². The molecule has 31 heavy (non-hydrogen) atoms. The lowest BCUT2D eigenvalue weighted by Gasteiger charge is -2.27. The number of thioether (sulfide) groups is 1. The number of hydrogen-bond acceptors (Lipinski definition) is 5. The molecule has 2 heterocycles. The number of aromatic nitrogens is 3. The molecule has 0 radical (unpaired) electrons. The van der Waals surface area contributed by atoms with Crippen molar-refractivity contribution in [1.82, 2.24) is 15.0 Å². The number of nitrogens with one attached hydrogen (secondary N) is 1. The van der Waals surface area contributed by atoms with Crippen LogP contribution in [0.1, 0.15) is 11.3 Å². The quantitative estimate of drug-likeness (QED) is 0.354. The van der Waals surface area contributed by atoms with Crippen LogP contribution in [0.25, 0.3) is 11.0 Å². The lowest BCUT2D eigenvalue weighted by Crippen LogP contribution is -2.55. The smallest absolute Gasteiger partial charge is 0.474 e. The SMILES string of the molecule is COc1ccnc(CSc2nc3cc(OC(F)(F)C(F)(F)C(F)(F)F)ccc3[nH]2)c1C. The Morgan fingerprint density at radius 3 is 2.42 bits per heavy atom. The Bertz CT molecular complexity index is 1090. The zero-order chi connectivity index (χ0) is 23.0. The Labute approximate surface area is 175 Å². The van der Waals surface area contributed by atoms with Crippen LogP contribution < -0.4 is 9.47 Å². The molecule has 0 saturated heterocycles. The minimum Gasteiger partial charge on any atom is -0.496 e. The lowest BCUT2D eigenvalue weighted by molar-refractivity contribution is -0.402. The summed E-state index contributed by atoms with van der Waals surface area (Å²) < 4.78 is 98.6. The standard InChI is InChI=1S/C18H14F7N3O2S/c1-9-13(26-6-5-14(9)29-2)8-31-15-27-11-4-3-10(7-12(11)28-15)30-18(24,25)16(19,20)17(21,22)23/h3-7H,8H2,1-2H3,(H,27,28). The molecular weight excluding hydrogens is 455 g/mol. The van der Waals surface area contributed by atoms with Crippen LogP contribution in [0.5, 0.6) is 11.5 Å². The number of alkyl halides is 7. The molecule has 3 rings (SSSR count). The highest BCUT2D eigenvalue weighted by atomic mass is 32.2. The zero-order valence-corrected chi connectivity index (χ0v) is 16.7. The summed E-state index contributed by atoms with van der Waals surface area (Å²) in [5, 5.41) is 0.351. The van der Waals surface area contributed by atoms with E-state index in [2.05, 4.69) is 19.7 Å². The number of imidazole rings is 1. The van der Waals surface area contributed by atoms with Crippen molar-refractivity contribution in [2.45, 2.75) is 36.0 Å². The second-order valence-electron chi connectivity index (χ2n) is 6.29. The van der Waals surface area contributed by atoms with Crippen molar-refractivity contribution >= 4 is 22.8 Å². The van der Waals surface area contributed by atoms with E-state index >= 15 is 0 Å². The van der Waals surface area contributed by atoms with E-state index in [4.69, 9.17) is 4.74 Å². The van der Waals surface area contributed by atoms with Crippen LogP contribution in [-0.4, -0.2) is 40.3 Å². The highest BCUT2D eigenvalue weighted by molar-refractivity contribution is 7.98. The lowest BCUT2D eigenvalue weighted by atomic mass is 10.2. The van der Waals surface area contributed by atoms with Gasteiger partial charge in [-0.1, -0.05) is 11.8 Å². The molecule has 0 fully saturated rings. The summed E-state index contributed by atoms with van der Waals surface area (Å²) in [6.07, 6.45) is -10.7. The highest BCUT2D eigenvalue weighted by Crippen LogP contribution is 2.47. The maximum Gasteiger partial charge on any atom is 0.474 e. The summed E-state index contributed by atoms with van der Waals surface area (Å²) in [4.78, 5) is 11.2. The minimum atomic E-state index is -6.48. The van der Waals surface area contributed by atoms with Crippen molar-refractivity contribution in [1.29, 1.82) is 0 Å². The van der Waals surface area contributed by atoms with Gasteiger partial charge in [-0.15, -0.1) is 0 Å². The molecule has 0 bridgehead atoms. The number of fused-ring (bicyclic) bond motifs is 1. The van der Waals surface area contributed by atoms with E-state index in [1.165, 1.54) is 24.9 Å². The van der Waals surface area contributed by atoms with Gasteiger partial charge in [0, 0.05) is 23.6 Å². The molecule has 0 amide bonds. The molecule has 0 spiro atoms. The second-order valence-corrected chi connectivity index (χ2v) is 7.25. The number of aromatic amines is 1. The molecule has 0 atom stereocenters. The fourth-order valence-corrected chi connectivity index (χ4v) is 3.44. The highest BCUT2D eigenvalue weighted by Gasteiger charge is 2.75. The molecule has 1 aromatic carbocycles. The van der Waals surface area contributed by atoms with Gasteiger partial charge in [-0.25, -0.2) is 4.98 Å². The van der Waals surface area contributed by atoms with Crippen LogP contribution in [0, 0.1) is 6.92 Å². The van der Waals surface area contributed by atoms with E-state index in [-0.39, 0.29) is 5.52 Å². The molecule has 0 aliphatic carbocycles. The fraction of sp³-hybridized carbons (Fsp3) is 0.333. The van der Waals surface area contributed by atoms with Crippen molar-refractivity contribution in [2.24, 2.45) is 0 Å². The molecular formula is C18H14F7N3O2S. The summed E-state index contributed by atoms with van der Waals surface area (Å²) in [5.41, 5.74) is 1.91. The number of benzene rings is 1. The van der Waals surface area contributed by atoms with Crippen LogP contribution in [0.15, 0.2) is 35.6 Å². The topological polar surface area (TPSA) is 60.0 Å². The maximum absolute atomic E-state index is 13.5. The summed E-state index contributed by atoms with van der Waals surface area (Å²) in [6.45, 7) is 1.82. The molecule has 0 unspecified atom stereocenters. The van der Waals surface area contributed by atoms with E-state index in [1.54, 1.807) is 12.3 Å². The fourth-order valence-electron chi connectivity index (χ4n) is 2.53. The summed E-state index contributed by atoms with van der Waals surface area (Å²) >= 11 is 1.22. The van der Waals surface area contributed by atoms with Crippen LogP contribution in [0.3, 0.4) is 0 Å². The molecule has 0 aliphatic rings. The van der Waals surface area contributed by atoms with Crippen LogP contribution in [0.4, 0.5) is 30.7 Å². The van der Waals surface area contributed by atoms with E-state index in [1.807, 2.05) is 6.92 Å². The van der Waals surface area contributed by atoms with Gasteiger partial charge in [-0.05, 0) is 25.1 Å². The zero-order valence-electron chi connectivity index (χ0n) is 15.9. The van der Waals surface area contributed by atoms with Gasteiger partial charge in [0.2, 0.25) is 0 Å². The summed E-state index contributed by atoms with van der Waals surface area (Å²) in [5.74, 6) is -6.24. The van der Waals surface area contributed by atoms with Gasteiger partial charge in [0.05, 0.1) is 23.8 Å². The first-order valence-corrected chi connectivity index (χ1v) is 9.46. The number of hydrogen-bond donors (Lipinski definition) is 1. The van der Waals surface area contributed by atoms with Gasteiger partial charge >= 0.3 is 18.2 Å². The number of H-pyrrole nitrogens is 1. The van der Waals surface area contributed by atoms with E-state index in [0.29, 0.717) is 27.9 Å².